The Balaban J connectivity index is 0.000001000. The molecule has 0 N–H and O–H groups in total. The predicted octanol–water partition coefficient (Wildman–Crippen LogP) is 0.420. The van der Waals surface area contributed by atoms with Gasteiger partial charge in [0.2, 0.25) is 5.78 Å². The fraction of sp³-hybridized carbons (Fsp3) is 0. The molecule has 0 heterocycles. The Morgan fingerprint density at radius 2 is 1.73 bits per heavy atom. The van der Waals surface area contributed by atoms with E-state index < -0.39 is 5.78 Å². The molecule has 0 radical (unpaired) electrons. The van der Waals surface area contributed by atoms with Gasteiger partial charge in [-0.1, -0.05) is 30.3 Å². The van der Waals surface area contributed by atoms with Crippen LogP contribution in [0.5, 0.6) is 0 Å². The SMILES string of the molecule is O=CC(=O)c1ccccc1.[NaH]. The van der Waals surface area contributed by atoms with Crippen LogP contribution >= 0.6 is 0 Å². The van der Waals surface area contributed by atoms with Gasteiger partial charge in [-0.05, 0) is 0 Å². The average molecular weight is 158 g/mol. The Morgan fingerprint density at radius 3 is 2.18 bits per heavy atom. The minimum absolute atomic E-state index is 0. The zero-order chi connectivity index (χ0) is 7.40. The number of hydrogen-bond acceptors (Lipinski definition) is 2. The van der Waals surface area contributed by atoms with Crippen molar-refractivity contribution in [2.24, 2.45) is 0 Å². The second-order valence-electron chi connectivity index (χ2n) is 1.85. The third-order valence-corrected chi connectivity index (χ3v) is 1.17. The van der Waals surface area contributed by atoms with Gasteiger partial charge in [-0.2, -0.15) is 0 Å². The average Bonchev–Trinajstić information content (AvgIpc) is 2.05. The first-order chi connectivity index (χ1) is 4.84. The number of aldehydes is 1. The molecule has 0 fully saturated rings. The molecule has 0 saturated heterocycles. The number of hydrogen-bond donors (Lipinski definition) is 0. The van der Waals surface area contributed by atoms with Crippen LogP contribution in [0.1, 0.15) is 10.4 Å². The molecule has 1 aromatic rings. The van der Waals surface area contributed by atoms with E-state index in [1.807, 2.05) is 0 Å². The van der Waals surface area contributed by atoms with E-state index in [0.29, 0.717) is 11.8 Å². The van der Waals surface area contributed by atoms with Crippen molar-refractivity contribution in [1.82, 2.24) is 0 Å². The zero-order valence-corrected chi connectivity index (χ0v) is 5.28. The molecular weight excluding hydrogens is 151 g/mol. The molecule has 0 aromatic heterocycles. The molecule has 0 bridgehead atoms. The molecule has 1 rings (SSSR count). The van der Waals surface area contributed by atoms with Crippen molar-refractivity contribution in [1.29, 1.82) is 0 Å². The molecule has 11 heavy (non-hydrogen) atoms. The summed E-state index contributed by atoms with van der Waals surface area (Å²) in [5.41, 5.74) is 0.442. The van der Waals surface area contributed by atoms with Crippen LogP contribution in [0, 0.1) is 0 Å². The van der Waals surface area contributed by atoms with Gasteiger partial charge in [-0.3, -0.25) is 9.59 Å². The third kappa shape index (κ3) is 2.97. The molecule has 0 atom stereocenters. The fourth-order valence-corrected chi connectivity index (χ4v) is 0.670. The summed E-state index contributed by atoms with van der Waals surface area (Å²) in [5.74, 6) is -0.472. The van der Waals surface area contributed by atoms with Crippen molar-refractivity contribution >= 4 is 41.6 Å². The van der Waals surface area contributed by atoms with E-state index in [9.17, 15) is 9.59 Å². The van der Waals surface area contributed by atoms with Gasteiger partial charge in [0.25, 0.3) is 0 Å². The number of ketones is 1. The van der Waals surface area contributed by atoms with Crippen molar-refractivity contribution < 1.29 is 9.59 Å². The van der Waals surface area contributed by atoms with Crippen molar-refractivity contribution in [2.45, 2.75) is 0 Å². The molecule has 1 aromatic carbocycles. The van der Waals surface area contributed by atoms with Crippen molar-refractivity contribution in [3.8, 4) is 0 Å². The van der Waals surface area contributed by atoms with Gasteiger partial charge in [0.1, 0.15) is 0 Å². The van der Waals surface area contributed by atoms with Crippen molar-refractivity contribution in [2.75, 3.05) is 0 Å². The predicted molar refractivity (Wildman–Crippen MR) is 44.0 cm³/mol. The third-order valence-electron chi connectivity index (χ3n) is 1.17. The second-order valence-corrected chi connectivity index (χ2v) is 1.85. The number of rotatable bonds is 2. The Morgan fingerprint density at radius 1 is 1.18 bits per heavy atom. The van der Waals surface area contributed by atoms with Crippen LogP contribution in [-0.2, 0) is 4.79 Å². The number of Topliss-reactive ketones (excluding diaryl/α,β-unsaturated/α-hetero) is 1. The molecule has 0 aliphatic carbocycles. The Bertz CT molecular complexity index is 244. The summed E-state index contributed by atoms with van der Waals surface area (Å²) in [6.45, 7) is 0. The molecule has 0 saturated carbocycles. The van der Waals surface area contributed by atoms with Gasteiger partial charge in [0.15, 0.2) is 6.29 Å². The first kappa shape index (κ1) is 10.6. The molecule has 0 spiro atoms. The van der Waals surface area contributed by atoms with Crippen LogP contribution in [0.3, 0.4) is 0 Å². The molecule has 3 heteroatoms. The molecule has 0 amide bonds. The van der Waals surface area contributed by atoms with E-state index in [1.54, 1.807) is 30.3 Å². The Hall–Kier alpha value is -0.440. The minimum atomic E-state index is -0.472. The van der Waals surface area contributed by atoms with Gasteiger partial charge >= 0.3 is 29.6 Å². The van der Waals surface area contributed by atoms with E-state index in [4.69, 9.17) is 0 Å². The van der Waals surface area contributed by atoms with Crippen LogP contribution in [0.25, 0.3) is 0 Å². The van der Waals surface area contributed by atoms with Crippen molar-refractivity contribution in [3.63, 3.8) is 0 Å². The summed E-state index contributed by atoms with van der Waals surface area (Å²) in [4.78, 5) is 20.6. The first-order valence-corrected chi connectivity index (χ1v) is 2.89. The summed E-state index contributed by atoms with van der Waals surface area (Å²) in [6, 6.07) is 8.45. The maximum atomic E-state index is 10.6. The summed E-state index contributed by atoms with van der Waals surface area (Å²) in [6.07, 6.45) is 0.315. The van der Waals surface area contributed by atoms with E-state index >= 15 is 0 Å². The van der Waals surface area contributed by atoms with E-state index in [1.165, 1.54) is 0 Å². The van der Waals surface area contributed by atoms with Gasteiger partial charge in [-0.15, -0.1) is 0 Å². The molecule has 2 nitrogen and oxygen atoms in total. The van der Waals surface area contributed by atoms with Crippen LogP contribution in [0.2, 0.25) is 0 Å². The molecule has 52 valence electrons. The monoisotopic (exact) mass is 158 g/mol. The molecule has 0 unspecified atom stereocenters. The summed E-state index contributed by atoms with van der Waals surface area (Å²) in [5, 5.41) is 0. The quantitative estimate of drug-likeness (QED) is 0.270. The molecule has 0 aliphatic rings. The van der Waals surface area contributed by atoms with E-state index in [2.05, 4.69) is 0 Å². The number of carbonyl (C=O) groups is 2. The van der Waals surface area contributed by atoms with Crippen LogP contribution in [0.15, 0.2) is 30.3 Å². The maximum absolute atomic E-state index is 10.6. The second kappa shape index (κ2) is 5.24. The first-order valence-electron chi connectivity index (χ1n) is 2.89. The summed E-state index contributed by atoms with van der Waals surface area (Å²) in [7, 11) is 0. The van der Waals surface area contributed by atoms with Crippen LogP contribution < -0.4 is 0 Å². The van der Waals surface area contributed by atoms with Crippen LogP contribution in [0.4, 0.5) is 0 Å². The summed E-state index contributed by atoms with van der Waals surface area (Å²) >= 11 is 0. The summed E-state index contributed by atoms with van der Waals surface area (Å²) < 4.78 is 0. The number of benzene rings is 1. The fourth-order valence-electron chi connectivity index (χ4n) is 0.670. The molecule has 0 aliphatic heterocycles. The van der Waals surface area contributed by atoms with Gasteiger partial charge in [0.05, 0.1) is 0 Å². The zero-order valence-electron chi connectivity index (χ0n) is 5.28. The van der Waals surface area contributed by atoms with Gasteiger partial charge in [0, 0.05) is 5.56 Å². The molecular formula is C8H7NaO2. The van der Waals surface area contributed by atoms with E-state index in [-0.39, 0.29) is 29.6 Å². The van der Waals surface area contributed by atoms with E-state index in [0.717, 1.165) is 0 Å². The van der Waals surface area contributed by atoms with Gasteiger partial charge < -0.3 is 0 Å². The van der Waals surface area contributed by atoms with Gasteiger partial charge in [-0.25, -0.2) is 0 Å². The Labute approximate surface area is 86.9 Å². The number of carbonyl (C=O) groups excluding carboxylic acids is 2. The standard InChI is InChI=1S/C8H6O2.Na.H/c9-6-8(10)7-4-2-1-3-5-7;;/h1-6H;;. The topological polar surface area (TPSA) is 34.1 Å². The normalized spacial score (nSPS) is 8.00. The Kier molecular flexibility index (Phi) is 5.03. The van der Waals surface area contributed by atoms with Crippen LogP contribution in [-0.4, -0.2) is 41.6 Å². The van der Waals surface area contributed by atoms with Crippen molar-refractivity contribution in [3.05, 3.63) is 35.9 Å².